The number of hydrogen-bond acceptors (Lipinski definition) is 5. The summed E-state index contributed by atoms with van der Waals surface area (Å²) in [4.78, 5) is 35.4. The molecule has 1 amide bonds. The van der Waals surface area contributed by atoms with Crippen LogP contribution in [0, 0.1) is 0 Å². The molecule has 0 heterocycles. The Bertz CT molecular complexity index is 623. The molecule has 0 radical (unpaired) electrons. The molecule has 2 N–H and O–H groups in total. The fourth-order valence-corrected chi connectivity index (χ4v) is 2.99. The third-order valence-electron chi connectivity index (χ3n) is 3.43. The highest BCUT2D eigenvalue weighted by molar-refractivity contribution is 7.99. The predicted octanol–water partition coefficient (Wildman–Crippen LogP) is 3.02. The number of carbonyl (C=O) groups excluding carboxylic acids is 2. The maximum absolute atomic E-state index is 12.3. The summed E-state index contributed by atoms with van der Waals surface area (Å²) in [6, 6.07) is 3.74. The molecule has 6 nitrogen and oxygen atoms in total. The van der Waals surface area contributed by atoms with Gasteiger partial charge in [-0.25, -0.2) is 4.79 Å². The molecular weight excluding hydrogens is 366 g/mol. The highest BCUT2D eigenvalue weighted by atomic mass is 35.5. The number of amides is 1. The molecule has 0 fully saturated rings. The standard InChI is InChI=1S/C17H22ClNO5S/c1-3-25-9-8-13(17(22)23)19-16(21)7-5-14(20)12-10-11(18)4-6-15(12)24-2/h4,6,10,13H,3,5,7-9H2,1-2H3,(H,19,21)(H,22,23). The van der Waals surface area contributed by atoms with Gasteiger partial charge in [0.05, 0.1) is 12.7 Å². The van der Waals surface area contributed by atoms with Crippen molar-refractivity contribution in [3.05, 3.63) is 28.8 Å². The fraction of sp³-hybridized carbons (Fsp3) is 0.471. The van der Waals surface area contributed by atoms with Crippen LogP contribution in [0.25, 0.3) is 0 Å². The van der Waals surface area contributed by atoms with Gasteiger partial charge in [-0.3, -0.25) is 9.59 Å². The van der Waals surface area contributed by atoms with Gasteiger partial charge in [-0.1, -0.05) is 18.5 Å². The van der Waals surface area contributed by atoms with E-state index in [-0.39, 0.29) is 18.6 Å². The molecule has 1 aromatic carbocycles. The molecule has 25 heavy (non-hydrogen) atoms. The van der Waals surface area contributed by atoms with E-state index < -0.39 is 17.9 Å². The minimum absolute atomic E-state index is 0.0570. The van der Waals surface area contributed by atoms with Gasteiger partial charge < -0.3 is 15.2 Å². The van der Waals surface area contributed by atoms with Crippen LogP contribution in [0.3, 0.4) is 0 Å². The van der Waals surface area contributed by atoms with Crippen molar-refractivity contribution in [3.63, 3.8) is 0 Å². The summed E-state index contributed by atoms with van der Waals surface area (Å²) >= 11 is 7.50. The molecule has 0 aromatic heterocycles. The van der Waals surface area contributed by atoms with Crippen LogP contribution in [0.5, 0.6) is 5.75 Å². The Morgan fingerprint density at radius 2 is 2.04 bits per heavy atom. The molecular formula is C17H22ClNO5S. The normalized spacial score (nSPS) is 11.6. The lowest BCUT2D eigenvalue weighted by Crippen LogP contribution is -2.41. The topological polar surface area (TPSA) is 92.7 Å². The number of methoxy groups -OCH3 is 1. The quantitative estimate of drug-likeness (QED) is 0.448. The van der Waals surface area contributed by atoms with Crippen molar-refractivity contribution in [2.75, 3.05) is 18.6 Å². The third-order valence-corrected chi connectivity index (χ3v) is 4.60. The van der Waals surface area contributed by atoms with Gasteiger partial charge in [0, 0.05) is 17.9 Å². The first-order valence-corrected chi connectivity index (χ1v) is 9.39. The summed E-state index contributed by atoms with van der Waals surface area (Å²) < 4.78 is 5.12. The molecule has 1 rings (SSSR count). The lowest BCUT2D eigenvalue weighted by molar-refractivity contribution is -0.141. The van der Waals surface area contributed by atoms with E-state index in [1.165, 1.54) is 13.2 Å². The van der Waals surface area contributed by atoms with Gasteiger partial charge in [-0.15, -0.1) is 0 Å². The largest absolute Gasteiger partial charge is 0.496 e. The molecule has 1 atom stereocenters. The van der Waals surface area contributed by atoms with Crippen molar-refractivity contribution in [1.82, 2.24) is 5.32 Å². The molecule has 1 aromatic rings. The fourth-order valence-electron chi connectivity index (χ4n) is 2.13. The van der Waals surface area contributed by atoms with Crippen LogP contribution < -0.4 is 10.1 Å². The van der Waals surface area contributed by atoms with Crippen LogP contribution in [-0.4, -0.2) is 47.4 Å². The highest BCUT2D eigenvalue weighted by Gasteiger charge is 2.20. The molecule has 1 unspecified atom stereocenters. The van der Waals surface area contributed by atoms with E-state index in [4.69, 9.17) is 21.4 Å². The number of halogens is 1. The summed E-state index contributed by atoms with van der Waals surface area (Å²) in [5.74, 6) is 0.0803. The molecule has 0 aliphatic rings. The van der Waals surface area contributed by atoms with Gasteiger partial charge in [0.2, 0.25) is 5.91 Å². The van der Waals surface area contributed by atoms with Crippen molar-refractivity contribution in [3.8, 4) is 5.75 Å². The van der Waals surface area contributed by atoms with Crippen molar-refractivity contribution in [1.29, 1.82) is 0 Å². The molecule has 138 valence electrons. The number of nitrogens with one attached hydrogen (secondary N) is 1. The second-order valence-electron chi connectivity index (χ2n) is 5.21. The molecule has 0 bridgehead atoms. The Balaban J connectivity index is 2.58. The second-order valence-corrected chi connectivity index (χ2v) is 7.04. The van der Waals surface area contributed by atoms with E-state index in [9.17, 15) is 14.4 Å². The van der Waals surface area contributed by atoms with E-state index in [1.54, 1.807) is 23.9 Å². The number of carboxylic acids is 1. The number of thioether (sulfide) groups is 1. The number of hydrogen-bond donors (Lipinski definition) is 2. The number of rotatable bonds is 11. The summed E-state index contributed by atoms with van der Waals surface area (Å²) in [6.45, 7) is 1.98. The maximum Gasteiger partial charge on any atom is 0.326 e. The van der Waals surface area contributed by atoms with Crippen LogP contribution in [0.4, 0.5) is 0 Å². The predicted molar refractivity (Wildman–Crippen MR) is 98.8 cm³/mol. The van der Waals surface area contributed by atoms with Crippen LogP contribution in [0.1, 0.15) is 36.5 Å². The number of ether oxygens (including phenoxy) is 1. The first-order chi connectivity index (χ1) is 11.9. The summed E-state index contributed by atoms with van der Waals surface area (Å²) in [5.41, 5.74) is 0.303. The maximum atomic E-state index is 12.3. The molecule has 0 spiro atoms. The lowest BCUT2D eigenvalue weighted by Gasteiger charge is -2.14. The zero-order chi connectivity index (χ0) is 18.8. The van der Waals surface area contributed by atoms with Crippen molar-refractivity contribution in [2.45, 2.75) is 32.2 Å². The van der Waals surface area contributed by atoms with Gasteiger partial charge in [0.15, 0.2) is 5.78 Å². The number of Topliss-reactive ketones (excluding diaryl/α,β-unsaturated/α-hetero) is 1. The Labute approximate surface area is 156 Å². The van der Waals surface area contributed by atoms with E-state index in [1.807, 2.05) is 6.92 Å². The Kier molecular flexibility index (Phi) is 9.37. The molecule has 0 aliphatic heterocycles. The van der Waals surface area contributed by atoms with Crippen molar-refractivity contribution < 1.29 is 24.2 Å². The minimum Gasteiger partial charge on any atom is -0.496 e. The Hall–Kier alpha value is -1.73. The Morgan fingerprint density at radius 3 is 2.64 bits per heavy atom. The molecule has 8 heteroatoms. The summed E-state index contributed by atoms with van der Waals surface area (Å²) in [7, 11) is 1.44. The van der Waals surface area contributed by atoms with Gasteiger partial charge in [-0.05, 0) is 36.1 Å². The van der Waals surface area contributed by atoms with Gasteiger partial charge in [0.1, 0.15) is 11.8 Å². The highest BCUT2D eigenvalue weighted by Crippen LogP contribution is 2.24. The first kappa shape index (κ1) is 21.3. The summed E-state index contributed by atoms with van der Waals surface area (Å²) in [6.07, 6.45) is 0.188. The number of benzene rings is 1. The third kappa shape index (κ3) is 7.36. The van der Waals surface area contributed by atoms with Gasteiger partial charge in [-0.2, -0.15) is 11.8 Å². The first-order valence-electron chi connectivity index (χ1n) is 7.85. The van der Waals surface area contributed by atoms with Crippen LogP contribution in [0.15, 0.2) is 18.2 Å². The van der Waals surface area contributed by atoms with E-state index in [0.29, 0.717) is 28.5 Å². The van der Waals surface area contributed by atoms with Gasteiger partial charge >= 0.3 is 5.97 Å². The van der Waals surface area contributed by atoms with Gasteiger partial charge in [0.25, 0.3) is 0 Å². The van der Waals surface area contributed by atoms with Crippen molar-refractivity contribution >= 4 is 41.0 Å². The SMILES string of the molecule is CCSCCC(NC(=O)CCC(=O)c1cc(Cl)ccc1OC)C(=O)O. The number of aliphatic carboxylic acids is 1. The number of carbonyl (C=O) groups is 3. The van der Waals surface area contributed by atoms with E-state index in [2.05, 4.69) is 5.32 Å². The number of carboxylic acid groups (broad SMARTS) is 1. The average molecular weight is 388 g/mol. The minimum atomic E-state index is -1.08. The van der Waals surface area contributed by atoms with Crippen LogP contribution in [0.2, 0.25) is 5.02 Å². The van der Waals surface area contributed by atoms with Crippen LogP contribution in [-0.2, 0) is 9.59 Å². The zero-order valence-electron chi connectivity index (χ0n) is 14.2. The second kappa shape index (κ2) is 11.0. The lowest BCUT2D eigenvalue weighted by atomic mass is 10.0. The monoisotopic (exact) mass is 387 g/mol. The average Bonchev–Trinajstić information content (AvgIpc) is 2.58. The zero-order valence-corrected chi connectivity index (χ0v) is 15.8. The molecule has 0 aliphatic carbocycles. The van der Waals surface area contributed by atoms with E-state index >= 15 is 0 Å². The summed E-state index contributed by atoms with van der Waals surface area (Å²) in [5, 5.41) is 12.0. The van der Waals surface area contributed by atoms with Crippen molar-refractivity contribution in [2.24, 2.45) is 0 Å². The van der Waals surface area contributed by atoms with E-state index in [0.717, 1.165) is 5.75 Å². The van der Waals surface area contributed by atoms with Crippen LogP contribution >= 0.6 is 23.4 Å². The smallest absolute Gasteiger partial charge is 0.326 e. The Morgan fingerprint density at radius 1 is 1.32 bits per heavy atom. The molecule has 0 saturated carbocycles. The molecule has 0 saturated heterocycles. The number of ketones is 1.